The van der Waals surface area contributed by atoms with Crippen molar-refractivity contribution in [2.45, 2.75) is 18.2 Å². The maximum Gasteiger partial charge on any atom is 0.190 e. The normalized spacial score (nSPS) is 18.8. The highest BCUT2D eigenvalue weighted by Crippen LogP contribution is 2.28. The summed E-state index contributed by atoms with van der Waals surface area (Å²) in [7, 11) is -3.41. The van der Waals surface area contributed by atoms with Gasteiger partial charge in [-0.05, 0) is 37.1 Å². The molecule has 22 heavy (non-hydrogen) atoms. The molecular weight excluding hydrogens is 296 g/mol. The predicted octanol–water partition coefficient (Wildman–Crippen LogP) is 3.44. The third kappa shape index (κ3) is 2.74. The maximum atomic E-state index is 12.7. The number of benzene rings is 2. The summed E-state index contributed by atoms with van der Waals surface area (Å²) in [4.78, 5) is 12.8. The van der Waals surface area contributed by atoms with Crippen molar-refractivity contribution >= 4 is 21.7 Å². The van der Waals surface area contributed by atoms with Crippen LogP contribution in [0.3, 0.4) is 0 Å². The number of carbonyl (C=O) groups excluding carboxylic acids is 1. The zero-order valence-electron chi connectivity index (χ0n) is 12.2. The van der Waals surface area contributed by atoms with Crippen LogP contribution in [-0.4, -0.2) is 20.0 Å². The minimum atomic E-state index is -3.41. The molecule has 0 aromatic heterocycles. The molecule has 0 saturated heterocycles. The van der Waals surface area contributed by atoms with Crippen molar-refractivity contribution in [1.82, 2.24) is 0 Å². The molecule has 0 fully saturated rings. The monoisotopic (exact) mass is 312 g/mol. The summed E-state index contributed by atoms with van der Waals surface area (Å²) in [5.41, 5.74) is 2.86. The number of rotatable bonds is 1. The van der Waals surface area contributed by atoms with Crippen molar-refractivity contribution in [2.75, 3.05) is 5.75 Å². The number of aryl methyl sites for hydroxylation is 1. The summed E-state index contributed by atoms with van der Waals surface area (Å²) in [5.74, 6) is -0.231. The van der Waals surface area contributed by atoms with Gasteiger partial charge in [0.15, 0.2) is 15.6 Å². The van der Waals surface area contributed by atoms with Gasteiger partial charge >= 0.3 is 0 Å². The van der Waals surface area contributed by atoms with Gasteiger partial charge in [0.2, 0.25) is 0 Å². The molecule has 1 heterocycles. The zero-order chi connectivity index (χ0) is 15.7. The lowest BCUT2D eigenvalue weighted by atomic mass is 9.99. The van der Waals surface area contributed by atoms with Gasteiger partial charge in [-0.2, -0.15) is 0 Å². The van der Waals surface area contributed by atoms with E-state index in [1.165, 1.54) is 6.07 Å². The molecule has 0 bridgehead atoms. The Labute approximate surface area is 130 Å². The first-order valence-electron chi connectivity index (χ1n) is 7.11. The highest BCUT2D eigenvalue weighted by Gasteiger charge is 2.28. The number of sulfone groups is 1. The van der Waals surface area contributed by atoms with Gasteiger partial charge in [-0.15, -0.1) is 0 Å². The van der Waals surface area contributed by atoms with Gasteiger partial charge in [-0.3, -0.25) is 4.79 Å². The highest BCUT2D eigenvalue weighted by molar-refractivity contribution is 7.91. The molecule has 4 heteroatoms. The molecule has 1 aliphatic heterocycles. The molecule has 0 aliphatic carbocycles. The predicted molar refractivity (Wildman–Crippen MR) is 86.6 cm³/mol. The summed E-state index contributed by atoms with van der Waals surface area (Å²) < 4.78 is 24.6. The molecule has 3 nitrogen and oxygen atoms in total. The second-order valence-electron chi connectivity index (χ2n) is 5.47. The van der Waals surface area contributed by atoms with E-state index >= 15 is 0 Å². The van der Waals surface area contributed by atoms with Crippen molar-refractivity contribution in [3.8, 4) is 0 Å². The molecule has 0 atom stereocenters. The maximum absolute atomic E-state index is 12.7. The zero-order valence-corrected chi connectivity index (χ0v) is 13.1. The second kappa shape index (κ2) is 5.54. The Hall–Kier alpha value is -2.20. The molecule has 0 spiro atoms. The fraction of sp³-hybridized carbons (Fsp3) is 0.167. The molecule has 0 saturated carbocycles. The standard InChI is InChI=1S/C18H16O3S/c1-13-6-8-14(9-7-13)12-15-10-11-22(20,21)17-5-3-2-4-16(17)18(15)19/h2-9,12H,10-11H2,1H3/b15-12+. The quantitative estimate of drug-likeness (QED) is 0.758. The summed E-state index contributed by atoms with van der Waals surface area (Å²) in [6, 6.07) is 14.2. The molecule has 2 aromatic carbocycles. The van der Waals surface area contributed by atoms with Crippen LogP contribution >= 0.6 is 0 Å². The van der Waals surface area contributed by atoms with Gasteiger partial charge in [0.1, 0.15) is 0 Å². The minimum absolute atomic E-state index is 0.0343. The van der Waals surface area contributed by atoms with Gasteiger partial charge in [-0.25, -0.2) is 8.42 Å². The molecule has 0 amide bonds. The number of carbonyl (C=O) groups is 1. The van der Waals surface area contributed by atoms with Gasteiger partial charge in [0, 0.05) is 11.1 Å². The van der Waals surface area contributed by atoms with E-state index in [0.717, 1.165) is 11.1 Å². The van der Waals surface area contributed by atoms with Gasteiger partial charge in [0.05, 0.1) is 10.6 Å². The van der Waals surface area contributed by atoms with Crippen molar-refractivity contribution < 1.29 is 13.2 Å². The van der Waals surface area contributed by atoms with Crippen LogP contribution in [0.25, 0.3) is 6.08 Å². The summed E-state index contributed by atoms with van der Waals surface area (Å²) in [5, 5.41) is 0. The van der Waals surface area contributed by atoms with E-state index in [9.17, 15) is 13.2 Å². The highest BCUT2D eigenvalue weighted by atomic mass is 32.2. The van der Waals surface area contributed by atoms with E-state index in [2.05, 4.69) is 0 Å². The SMILES string of the molecule is Cc1ccc(/C=C2\CCS(=O)(=O)c3ccccc3C2=O)cc1. The first-order chi connectivity index (χ1) is 10.5. The molecule has 2 aromatic rings. The van der Waals surface area contributed by atoms with Crippen LogP contribution in [0, 0.1) is 6.92 Å². The van der Waals surface area contributed by atoms with Crippen LogP contribution in [0.15, 0.2) is 59.0 Å². The van der Waals surface area contributed by atoms with Gasteiger partial charge in [0.25, 0.3) is 0 Å². The number of hydrogen-bond acceptors (Lipinski definition) is 3. The largest absolute Gasteiger partial charge is 0.289 e. The number of Topliss-reactive ketones (excluding diaryl/α,β-unsaturated/α-hetero) is 1. The Morgan fingerprint density at radius 2 is 1.68 bits per heavy atom. The first-order valence-corrected chi connectivity index (χ1v) is 8.76. The Morgan fingerprint density at radius 1 is 1.00 bits per heavy atom. The van der Waals surface area contributed by atoms with Crippen LogP contribution in [0.5, 0.6) is 0 Å². The van der Waals surface area contributed by atoms with Gasteiger partial charge in [-0.1, -0.05) is 42.0 Å². The molecule has 0 unspecified atom stereocenters. The average Bonchev–Trinajstić information content (AvgIpc) is 2.60. The van der Waals surface area contributed by atoms with Crippen LogP contribution in [0.1, 0.15) is 27.9 Å². The smallest absolute Gasteiger partial charge is 0.190 e. The number of hydrogen-bond donors (Lipinski definition) is 0. The van der Waals surface area contributed by atoms with Crippen LogP contribution < -0.4 is 0 Å². The van der Waals surface area contributed by atoms with Gasteiger partial charge < -0.3 is 0 Å². The molecule has 3 rings (SSSR count). The van der Waals surface area contributed by atoms with Crippen LogP contribution in [0.4, 0.5) is 0 Å². The topological polar surface area (TPSA) is 51.2 Å². The molecular formula is C18H16O3S. The summed E-state index contributed by atoms with van der Waals surface area (Å²) >= 11 is 0. The first kappa shape index (κ1) is 14.7. The van der Waals surface area contributed by atoms with Crippen molar-refractivity contribution in [2.24, 2.45) is 0 Å². The van der Waals surface area contributed by atoms with E-state index in [1.807, 2.05) is 31.2 Å². The van der Waals surface area contributed by atoms with Crippen molar-refractivity contribution in [1.29, 1.82) is 0 Å². The second-order valence-corrected chi connectivity index (χ2v) is 7.55. The van der Waals surface area contributed by atoms with E-state index in [0.29, 0.717) is 5.57 Å². The van der Waals surface area contributed by atoms with E-state index in [-0.39, 0.29) is 28.4 Å². The molecule has 0 N–H and O–H groups in total. The van der Waals surface area contributed by atoms with E-state index in [1.54, 1.807) is 24.3 Å². The Kier molecular flexibility index (Phi) is 3.71. The minimum Gasteiger partial charge on any atom is -0.289 e. The number of ketones is 1. The third-order valence-electron chi connectivity index (χ3n) is 3.82. The Balaban J connectivity index is 2.10. The molecule has 112 valence electrons. The summed E-state index contributed by atoms with van der Waals surface area (Å²) in [6.07, 6.45) is 2.03. The fourth-order valence-corrected chi connectivity index (χ4v) is 4.06. The average molecular weight is 312 g/mol. The number of allylic oxidation sites excluding steroid dienone is 1. The molecule has 0 radical (unpaired) electrons. The number of fused-ring (bicyclic) bond motifs is 1. The lowest BCUT2D eigenvalue weighted by Gasteiger charge is -2.04. The summed E-state index contributed by atoms with van der Waals surface area (Å²) in [6.45, 7) is 2.00. The molecule has 1 aliphatic rings. The van der Waals surface area contributed by atoms with E-state index in [4.69, 9.17) is 0 Å². The Bertz CT molecular complexity index is 859. The van der Waals surface area contributed by atoms with Crippen LogP contribution in [-0.2, 0) is 9.84 Å². The lowest BCUT2D eigenvalue weighted by molar-refractivity contribution is 0.103. The van der Waals surface area contributed by atoms with Crippen molar-refractivity contribution in [3.05, 3.63) is 70.8 Å². The Morgan fingerprint density at radius 3 is 2.41 bits per heavy atom. The fourth-order valence-electron chi connectivity index (χ4n) is 2.57. The van der Waals surface area contributed by atoms with Crippen LogP contribution in [0.2, 0.25) is 0 Å². The van der Waals surface area contributed by atoms with Crippen molar-refractivity contribution in [3.63, 3.8) is 0 Å². The van der Waals surface area contributed by atoms with E-state index < -0.39 is 9.84 Å². The lowest BCUT2D eigenvalue weighted by Crippen LogP contribution is -2.06. The third-order valence-corrected chi connectivity index (χ3v) is 5.58.